The summed E-state index contributed by atoms with van der Waals surface area (Å²) in [5, 5.41) is 10.9. The van der Waals surface area contributed by atoms with Gasteiger partial charge in [-0.2, -0.15) is 13.5 Å². The highest BCUT2D eigenvalue weighted by Gasteiger charge is 2.28. The predicted molar refractivity (Wildman–Crippen MR) is 191 cm³/mol. The van der Waals surface area contributed by atoms with Crippen molar-refractivity contribution in [2.24, 2.45) is 0 Å². The van der Waals surface area contributed by atoms with E-state index in [9.17, 15) is 24.0 Å². The number of hydrogen-bond donors (Lipinski definition) is 3. The quantitative estimate of drug-likeness (QED) is 0.0931. The summed E-state index contributed by atoms with van der Waals surface area (Å²) < 4.78 is 24.8. The third kappa shape index (κ3) is 19.7. The number of Topliss-reactive ketones (excluding diaryl/α,β-unsaturated/α-hetero) is 1. The van der Waals surface area contributed by atoms with Crippen molar-refractivity contribution in [3.8, 4) is 11.5 Å². The summed E-state index contributed by atoms with van der Waals surface area (Å²) in [5.41, 5.74) is 0. The monoisotopic (exact) mass is 870 g/mol. The molecule has 1 amide bonds. The van der Waals surface area contributed by atoms with Crippen molar-refractivity contribution in [1.82, 2.24) is 9.66 Å². The minimum Gasteiger partial charge on any atom is -0.494 e. The molecule has 2 saturated heterocycles. The van der Waals surface area contributed by atoms with Gasteiger partial charge in [0.2, 0.25) is 5.91 Å². The maximum Gasteiger partial charge on any atom is 0.328 e. The molecule has 0 unspecified atom stereocenters. The lowest BCUT2D eigenvalue weighted by Gasteiger charge is -2.08. The number of amides is 1. The van der Waals surface area contributed by atoms with E-state index < -0.39 is 23.9 Å². The summed E-state index contributed by atoms with van der Waals surface area (Å²) in [6.07, 6.45) is 2.47. The number of carboxylic acid groups (broad SMARTS) is 1. The molecular formula is C31H41Br3N2O10S. The normalized spacial score (nSPS) is 15.9. The average Bonchev–Trinajstić information content (AvgIpc) is 3.60. The molecule has 47 heavy (non-hydrogen) atoms. The van der Waals surface area contributed by atoms with Crippen LogP contribution in [0, 0.1) is 0 Å². The number of aliphatic carboxylic acids is 1. The molecule has 3 N–H and O–H groups in total. The van der Waals surface area contributed by atoms with Crippen molar-refractivity contribution in [3.05, 3.63) is 57.5 Å². The zero-order valence-corrected chi connectivity index (χ0v) is 30.6. The Bertz CT molecular complexity index is 1290. The molecule has 12 nitrogen and oxygen atoms in total. The van der Waals surface area contributed by atoms with Crippen LogP contribution in [0.15, 0.2) is 57.5 Å². The summed E-state index contributed by atoms with van der Waals surface area (Å²) in [7, 11) is 0. The molecule has 2 heterocycles. The van der Waals surface area contributed by atoms with E-state index >= 15 is 0 Å². The number of carbonyl (C=O) groups is 5. The fourth-order valence-corrected chi connectivity index (χ4v) is 4.89. The third-order valence-electron chi connectivity index (χ3n) is 5.96. The zero-order valence-electron chi connectivity index (χ0n) is 24.8. The van der Waals surface area contributed by atoms with E-state index in [1.54, 1.807) is 0 Å². The van der Waals surface area contributed by atoms with E-state index in [0.29, 0.717) is 45.7 Å². The van der Waals surface area contributed by atoms with Gasteiger partial charge in [-0.1, -0.05) is 51.4 Å². The van der Waals surface area contributed by atoms with Crippen LogP contribution in [0.1, 0.15) is 52.4 Å². The topological polar surface area (TPSA) is 167 Å². The van der Waals surface area contributed by atoms with Crippen molar-refractivity contribution in [3.63, 3.8) is 0 Å². The lowest BCUT2D eigenvalue weighted by atomic mass is 10.1. The van der Waals surface area contributed by atoms with Crippen LogP contribution in [0.25, 0.3) is 0 Å². The highest BCUT2D eigenvalue weighted by molar-refractivity contribution is 9.10. The first-order chi connectivity index (χ1) is 21.6. The SMILES string of the molecule is C.O=C(CCCOc1cccc(Br)c1)CC(=O)N[C@H]1CCOC1=O.O=C(O)CCCOc1cccc(Br)c1.O=C1OCC[C@@H]1NBr.S. The number of benzene rings is 2. The van der Waals surface area contributed by atoms with Gasteiger partial charge in [0.05, 0.1) is 32.8 Å². The molecule has 2 fully saturated rings. The van der Waals surface area contributed by atoms with Gasteiger partial charge in [0.25, 0.3) is 0 Å². The van der Waals surface area contributed by atoms with Crippen molar-refractivity contribution in [2.75, 3.05) is 26.4 Å². The van der Waals surface area contributed by atoms with Gasteiger partial charge in [-0.25, -0.2) is 9.14 Å². The number of hydrogen-bond acceptors (Lipinski definition) is 10. The van der Waals surface area contributed by atoms with Gasteiger partial charge in [0.1, 0.15) is 29.4 Å². The number of cyclic esters (lactones) is 2. The van der Waals surface area contributed by atoms with Crippen LogP contribution in [0.2, 0.25) is 0 Å². The minimum absolute atomic E-state index is 0. The molecule has 0 radical (unpaired) electrons. The van der Waals surface area contributed by atoms with Gasteiger partial charge in [0, 0.05) is 50.8 Å². The van der Waals surface area contributed by atoms with Gasteiger partial charge >= 0.3 is 17.9 Å². The second-order valence-corrected chi connectivity index (χ2v) is 11.9. The number of carbonyl (C=O) groups excluding carboxylic acids is 4. The Kier molecular flexibility index (Phi) is 23.9. The van der Waals surface area contributed by atoms with Gasteiger partial charge in [-0.15, -0.1) is 0 Å². The van der Waals surface area contributed by atoms with Crippen LogP contribution in [0.4, 0.5) is 0 Å². The summed E-state index contributed by atoms with van der Waals surface area (Å²) in [6.45, 7) is 1.69. The van der Waals surface area contributed by atoms with Crippen LogP contribution < -0.4 is 19.1 Å². The van der Waals surface area contributed by atoms with E-state index in [4.69, 9.17) is 19.3 Å². The standard InChI is InChI=1S/C16H18BrNO5.C10H11BrO3.C4H6BrNO2.CH4.H2S/c17-11-3-1-5-13(9-11)22-7-2-4-12(19)10-15(20)18-14-6-8-23-16(14)21;11-8-3-1-4-9(7-8)14-6-2-5-10(12)13;5-6-3-1-2-8-4(3)7;;/h1,3,5,9,14H,2,4,6-8,10H2,(H,18,20);1,3-4,7H,2,5-6H2,(H,12,13);3,6H,1-2H2;1H4;1H2/t14-;;3-;;/m0.0../s1. The number of halogens is 3. The number of carboxylic acids is 1. The maximum absolute atomic E-state index is 11.7. The lowest BCUT2D eigenvalue weighted by Crippen LogP contribution is -2.38. The molecule has 0 aromatic heterocycles. The van der Waals surface area contributed by atoms with E-state index in [-0.39, 0.29) is 58.0 Å². The lowest BCUT2D eigenvalue weighted by molar-refractivity contribution is -0.142. The molecular weight excluding hydrogens is 832 g/mol. The summed E-state index contributed by atoms with van der Waals surface area (Å²) in [4.78, 5) is 55.3. The Morgan fingerprint density at radius 2 is 1.32 bits per heavy atom. The molecule has 16 heteroatoms. The molecule has 2 aliphatic heterocycles. The first-order valence-corrected chi connectivity index (χ1v) is 16.4. The highest BCUT2D eigenvalue weighted by Crippen LogP contribution is 2.19. The van der Waals surface area contributed by atoms with Gasteiger partial charge < -0.3 is 29.4 Å². The molecule has 2 atom stereocenters. The first-order valence-electron chi connectivity index (χ1n) is 14.1. The Labute approximate surface area is 307 Å². The molecule has 2 aromatic carbocycles. The number of nitrogens with one attached hydrogen (secondary N) is 2. The number of ketones is 1. The Balaban J connectivity index is 0.000000750. The van der Waals surface area contributed by atoms with Gasteiger partial charge in [-0.3, -0.25) is 19.2 Å². The smallest absolute Gasteiger partial charge is 0.328 e. The molecule has 262 valence electrons. The third-order valence-corrected chi connectivity index (χ3v) is 7.50. The largest absolute Gasteiger partial charge is 0.494 e. The fourth-order valence-electron chi connectivity index (χ4n) is 3.72. The van der Waals surface area contributed by atoms with Crippen LogP contribution >= 0.6 is 61.5 Å². The second kappa shape index (κ2) is 25.4. The van der Waals surface area contributed by atoms with Crippen LogP contribution in [-0.4, -0.2) is 73.2 Å². The molecule has 0 bridgehead atoms. The van der Waals surface area contributed by atoms with Crippen LogP contribution in [0.3, 0.4) is 0 Å². The number of esters is 2. The van der Waals surface area contributed by atoms with E-state index in [1.165, 1.54) is 0 Å². The van der Waals surface area contributed by atoms with Crippen LogP contribution in [0.5, 0.6) is 11.5 Å². The zero-order chi connectivity index (χ0) is 33.0. The van der Waals surface area contributed by atoms with Gasteiger partial charge in [-0.05, 0) is 49.2 Å². The Morgan fingerprint density at radius 1 is 0.830 bits per heavy atom. The molecule has 0 aliphatic carbocycles. The van der Waals surface area contributed by atoms with Crippen molar-refractivity contribution < 1.29 is 48.0 Å². The summed E-state index contributed by atoms with van der Waals surface area (Å²) in [6, 6.07) is 14.2. The van der Waals surface area contributed by atoms with Crippen molar-refractivity contribution >= 4 is 91.1 Å². The number of rotatable bonds is 14. The molecule has 2 aromatic rings. The molecule has 2 aliphatic rings. The van der Waals surface area contributed by atoms with Crippen LogP contribution in [-0.2, 0) is 33.4 Å². The van der Waals surface area contributed by atoms with E-state index in [1.807, 2.05) is 48.5 Å². The van der Waals surface area contributed by atoms with E-state index in [2.05, 4.69) is 62.4 Å². The van der Waals surface area contributed by atoms with Crippen molar-refractivity contribution in [2.45, 2.75) is 64.5 Å². The second-order valence-electron chi connectivity index (χ2n) is 9.62. The fraction of sp³-hybridized carbons (Fsp3) is 0.452. The van der Waals surface area contributed by atoms with E-state index in [0.717, 1.165) is 26.9 Å². The Morgan fingerprint density at radius 3 is 1.72 bits per heavy atom. The average molecular weight is 873 g/mol. The minimum atomic E-state index is -0.789. The van der Waals surface area contributed by atoms with Gasteiger partial charge in [0.15, 0.2) is 0 Å². The first kappa shape index (κ1) is 44.3. The number of ether oxygens (including phenoxy) is 4. The maximum atomic E-state index is 11.7. The predicted octanol–water partition coefficient (Wildman–Crippen LogP) is 5.64. The molecule has 0 saturated carbocycles. The molecule has 0 spiro atoms. The Hall–Kier alpha value is -2.66. The molecule has 4 rings (SSSR count). The summed E-state index contributed by atoms with van der Waals surface area (Å²) >= 11 is 9.64. The highest BCUT2D eigenvalue weighted by atomic mass is 79.9. The summed E-state index contributed by atoms with van der Waals surface area (Å²) in [5.74, 6) is -0.523. The van der Waals surface area contributed by atoms with Crippen molar-refractivity contribution in [1.29, 1.82) is 0 Å².